The lowest BCUT2D eigenvalue weighted by molar-refractivity contribution is -0.151. The summed E-state index contributed by atoms with van der Waals surface area (Å²) < 4.78 is 5.50. The third kappa shape index (κ3) is 1.94. The van der Waals surface area contributed by atoms with Crippen molar-refractivity contribution in [3.8, 4) is 0 Å². The van der Waals surface area contributed by atoms with Gasteiger partial charge in [0.15, 0.2) is 0 Å². The summed E-state index contributed by atoms with van der Waals surface area (Å²) in [5.74, 6) is 1.65. The van der Waals surface area contributed by atoms with Crippen molar-refractivity contribution >= 4 is 5.97 Å². The van der Waals surface area contributed by atoms with Gasteiger partial charge >= 0.3 is 5.97 Å². The van der Waals surface area contributed by atoms with Gasteiger partial charge in [0, 0.05) is 0 Å². The van der Waals surface area contributed by atoms with Gasteiger partial charge in [0.2, 0.25) is 0 Å². The van der Waals surface area contributed by atoms with Gasteiger partial charge in [-0.1, -0.05) is 20.3 Å². The van der Waals surface area contributed by atoms with Gasteiger partial charge in [-0.05, 0) is 37.5 Å². The molecule has 2 aliphatic heterocycles. The van der Waals surface area contributed by atoms with Crippen molar-refractivity contribution in [1.82, 2.24) is 0 Å². The van der Waals surface area contributed by atoms with Gasteiger partial charge in [-0.2, -0.15) is 0 Å². The van der Waals surface area contributed by atoms with Gasteiger partial charge in [0.05, 0.1) is 5.92 Å². The molecule has 0 aromatic carbocycles. The highest BCUT2D eigenvalue weighted by atomic mass is 16.5. The lowest BCUT2D eigenvalue weighted by atomic mass is 9.80. The standard InChI is InChI=1S/C12H20O2/c1-3-9-6-10-4-8(2)5-11(7-9)14-12(10)13/h8-11H,3-7H2,1-2H3. The number of carbonyl (C=O) groups is 1. The molecule has 0 radical (unpaired) electrons. The molecule has 2 saturated heterocycles. The largest absolute Gasteiger partial charge is 0.462 e. The van der Waals surface area contributed by atoms with Crippen molar-refractivity contribution in [2.45, 2.75) is 52.1 Å². The Morgan fingerprint density at radius 2 is 2.07 bits per heavy atom. The first-order valence-corrected chi connectivity index (χ1v) is 5.89. The minimum absolute atomic E-state index is 0.0790. The first kappa shape index (κ1) is 10.0. The van der Waals surface area contributed by atoms with E-state index in [9.17, 15) is 4.79 Å². The molecular formula is C12H20O2. The summed E-state index contributed by atoms with van der Waals surface area (Å²) in [6.45, 7) is 4.47. The molecule has 0 aromatic rings. The fourth-order valence-electron chi connectivity index (χ4n) is 2.98. The van der Waals surface area contributed by atoms with Crippen LogP contribution in [-0.4, -0.2) is 12.1 Å². The zero-order chi connectivity index (χ0) is 10.1. The van der Waals surface area contributed by atoms with Crippen LogP contribution >= 0.6 is 0 Å². The highest BCUT2D eigenvalue weighted by molar-refractivity contribution is 5.73. The fourth-order valence-corrected chi connectivity index (χ4v) is 2.98. The van der Waals surface area contributed by atoms with Crippen LogP contribution in [-0.2, 0) is 9.53 Å². The highest BCUT2D eigenvalue weighted by Gasteiger charge is 2.37. The maximum atomic E-state index is 11.7. The number of hydrogen-bond donors (Lipinski definition) is 0. The van der Waals surface area contributed by atoms with E-state index in [1.165, 1.54) is 6.42 Å². The average Bonchev–Trinajstić information content (AvgIpc) is 2.31. The third-order valence-electron chi connectivity index (χ3n) is 3.76. The minimum Gasteiger partial charge on any atom is -0.462 e. The number of esters is 1. The predicted molar refractivity (Wildman–Crippen MR) is 54.8 cm³/mol. The normalized spacial score (nSPS) is 42.9. The molecule has 2 nitrogen and oxygen atoms in total. The Hall–Kier alpha value is -0.530. The fraction of sp³-hybridized carbons (Fsp3) is 0.917. The molecule has 0 saturated carbocycles. The van der Waals surface area contributed by atoms with Crippen LogP contribution in [0.5, 0.6) is 0 Å². The van der Waals surface area contributed by atoms with E-state index >= 15 is 0 Å². The van der Waals surface area contributed by atoms with Crippen molar-refractivity contribution in [1.29, 1.82) is 0 Å². The van der Waals surface area contributed by atoms with Crippen LogP contribution in [0.3, 0.4) is 0 Å². The Morgan fingerprint density at radius 3 is 2.79 bits per heavy atom. The van der Waals surface area contributed by atoms with E-state index in [1.807, 2.05) is 0 Å². The molecule has 4 unspecified atom stereocenters. The second-order valence-corrected chi connectivity index (χ2v) is 5.08. The molecule has 0 amide bonds. The van der Waals surface area contributed by atoms with E-state index in [-0.39, 0.29) is 18.0 Å². The molecule has 2 rings (SSSR count). The van der Waals surface area contributed by atoms with Crippen molar-refractivity contribution in [3.63, 3.8) is 0 Å². The van der Waals surface area contributed by atoms with Gasteiger partial charge in [-0.25, -0.2) is 0 Å². The molecule has 2 aliphatic rings. The smallest absolute Gasteiger partial charge is 0.309 e. The minimum atomic E-state index is 0.0790. The quantitative estimate of drug-likeness (QED) is 0.603. The molecule has 2 heterocycles. The molecule has 0 spiro atoms. The van der Waals surface area contributed by atoms with Gasteiger partial charge in [-0.15, -0.1) is 0 Å². The van der Waals surface area contributed by atoms with Crippen LogP contribution in [0.1, 0.15) is 46.0 Å². The van der Waals surface area contributed by atoms with Crippen molar-refractivity contribution in [2.24, 2.45) is 17.8 Å². The second-order valence-electron chi connectivity index (χ2n) is 5.08. The summed E-state index contributed by atoms with van der Waals surface area (Å²) in [6.07, 6.45) is 5.71. The van der Waals surface area contributed by atoms with Crippen molar-refractivity contribution in [3.05, 3.63) is 0 Å². The lowest BCUT2D eigenvalue weighted by Crippen LogP contribution is -2.18. The van der Waals surface area contributed by atoms with Crippen molar-refractivity contribution < 1.29 is 9.53 Å². The van der Waals surface area contributed by atoms with Gasteiger partial charge in [0.1, 0.15) is 6.10 Å². The first-order chi connectivity index (χ1) is 6.69. The third-order valence-corrected chi connectivity index (χ3v) is 3.76. The molecule has 4 atom stereocenters. The van der Waals surface area contributed by atoms with Gasteiger partial charge < -0.3 is 4.74 Å². The Bertz CT molecular complexity index is 224. The summed E-state index contributed by atoms with van der Waals surface area (Å²) in [5, 5.41) is 0. The lowest BCUT2D eigenvalue weighted by Gasteiger charge is -2.23. The first-order valence-electron chi connectivity index (χ1n) is 5.89. The summed E-state index contributed by atoms with van der Waals surface area (Å²) in [4.78, 5) is 11.7. The predicted octanol–water partition coefficient (Wildman–Crippen LogP) is 2.76. The number of ether oxygens (including phenoxy) is 1. The van der Waals surface area contributed by atoms with Crippen LogP contribution in [0.15, 0.2) is 0 Å². The second kappa shape index (κ2) is 3.92. The Labute approximate surface area is 86.0 Å². The molecular weight excluding hydrogens is 176 g/mol. The van der Waals surface area contributed by atoms with E-state index < -0.39 is 0 Å². The highest BCUT2D eigenvalue weighted by Crippen LogP contribution is 2.37. The molecule has 0 N–H and O–H groups in total. The van der Waals surface area contributed by atoms with Crippen LogP contribution in [0.2, 0.25) is 0 Å². The van der Waals surface area contributed by atoms with Crippen molar-refractivity contribution in [2.75, 3.05) is 0 Å². The summed E-state index contributed by atoms with van der Waals surface area (Å²) in [7, 11) is 0. The van der Waals surface area contributed by atoms with E-state index in [4.69, 9.17) is 4.74 Å². The average molecular weight is 196 g/mol. The van der Waals surface area contributed by atoms with E-state index in [1.54, 1.807) is 0 Å². The number of rotatable bonds is 1. The topological polar surface area (TPSA) is 26.3 Å². The SMILES string of the molecule is CCC1CC2CC(C)CC(C1)C(=O)O2. The Morgan fingerprint density at radius 1 is 1.29 bits per heavy atom. The van der Waals surface area contributed by atoms with Crippen LogP contribution < -0.4 is 0 Å². The summed E-state index contributed by atoms with van der Waals surface area (Å²) in [6, 6.07) is 0. The molecule has 2 heteroatoms. The number of fused-ring (bicyclic) bond motifs is 3. The van der Waals surface area contributed by atoms with Gasteiger partial charge in [-0.3, -0.25) is 4.79 Å². The van der Waals surface area contributed by atoms with Crippen LogP contribution in [0.4, 0.5) is 0 Å². The molecule has 2 fully saturated rings. The molecule has 2 bridgehead atoms. The van der Waals surface area contributed by atoms with E-state index in [2.05, 4.69) is 13.8 Å². The van der Waals surface area contributed by atoms with Crippen LogP contribution in [0, 0.1) is 17.8 Å². The van der Waals surface area contributed by atoms with E-state index in [0.717, 1.165) is 25.7 Å². The molecule has 0 aromatic heterocycles. The molecule has 0 aliphatic carbocycles. The Balaban J connectivity index is 2.15. The zero-order valence-electron chi connectivity index (χ0n) is 9.16. The molecule has 80 valence electrons. The number of hydrogen-bond acceptors (Lipinski definition) is 2. The Kier molecular flexibility index (Phi) is 2.80. The maximum absolute atomic E-state index is 11.7. The summed E-state index contributed by atoms with van der Waals surface area (Å²) >= 11 is 0. The zero-order valence-corrected chi connectivity index (χ0v) is 9.16. The van der Waals surface area contributed by atoms with E-state index in [0.29, 0.717) is 11.8 Å². The number of carbonyl (C=O) groups excluding carboxylic acids is 1. The summed E-state index contributed by atoms with van der Waals surface area (Å²) in [5.41, 5.74) is 0. The maximum Gasteiger partial charge on any atom is 0.309 e. The monoisotopic (exact) mass is 196 g/mol. The van der Waals surface area contributed by atoms with Gasteiger partial charge in [0.25, 0.3) is 0 Å². The van der Waals surface area contributed by atoms with Crippen LogP contribution in [0.25, 0.3) is 0 Å². The molecule has 14 heavy (non-hydrogen) atoms.